The van der Waals surface area contributed by atoms with E-state index in [9.17, 15) is 0 Å². The molecule has 19 heavy (non-hydrogen) atoms. The van der Waals surface area contributed by atoms with Gasteiger partial charge < -0.3 is 10.1 Å². The fraction of sp³-hybridized carbons (Fsp3) is 0.923. The summed E-state index contributed by atoms with van der Waals surface area (Å²) in [6.45, 7) is 5.54. The van der Waals surface area contributed by atoms with Gasteiger partial charge in [0.1, 0.15) is 0 Å². The average Bonchev–Trinajstić information content (AvgIpc) is 2.82. The molecular weight excluding hydrogens is 242 g/mol. The highest BCUT2D eigenvalue weighted by Gasteiger charge is 2.20. The second-order valence-corrected chi connectivity index (χ2v) is 5.58. The number of nitrogens with one attached hydrogen (secondary N) is 1. The van der Waals surface area contributed by atoms with Crippen LogP contribution in [0.2, 0.25) is 0 Å². The molecule has 1 aromatic heterocycles. The van der Waals surface area contributed by atoms with E-state index in [0.717, 1.165) is 30.7 Å². The Bertz CT molecular complexity index is 368. The molecule has 0 spiro atoms. The van der Waals surface area contributed by atoms with Crippen molar-refractivity contribution in [3.05, 3.63) is 5.82 Å². The maximum atomic E-state index is 5.00. The zero-order valence-corrected chi connectivity index (χ0v) is 12.0. The molecular formula is C13H25N5O. The highest BCUT2D eigenvalue weighted by Crippen LogP contribution is 2.29. The lowest BCUT2D eigenvalue weighted by Gasteiger charge is -2.26. The van der Waals surface area contributed by atoms with Crippen LogP contribution in [-0.2, 0) is 17.8 Å². The summed E-state index contributed by atoms with van der Waals surface area (Å²) in [5, 5.41) is 15.3. The third-order valence-electron chi connectivity index (χ3n) is 3.85. The van der Waals surface area contributed by atoms with Crippen molar-refractivity contribution in [3.8, 4) is 0 Å². The fourth-order valence-corrected chi connectivity index (χ4v) is 2.84. The monoisotopic (exact) mass is 267 g/mol. The van der Waals surface area contributed by atoms with Crippen molar-refractivity contribution in [3.63, 3.8) is 0 Å². The normalized spacial score (nSPS) is 23.7. The minimum absolute atomic E-state index is 0.707. The third-order valence-corrected chi connectivity index (χ3v) is 3.85. The molecule has 0 saturated heterocycles. The van der Waals surface area contributed by atoms with Gasteiger partial charge in [-0.3, -0.25) is 0 Å². The molecule has 1 N–H and O–H groups in total. The van der Waals surface area contributed by atoms with E-state index in [4.69, 9.17) is 4.74 Å². The Morgan fingerprint density at radius 3 is 3.11 bits per heavy atom. The number of aromatic nitrogens is 4. The van der Waals surface area contributed by atoms with E-state index in [0.29, 0.717) is 13.2 Å². The molecule has 108 valence electrons. The number of ether oxygens (including phenoxy) is 1. The molecule has 1 saturated carbocycles. The number of hydrogen-bond donors (Lipinski definition) is 1. The Morgan fingerprint density at radius 2 is 2.32 bits per heavy atom. The van der Waals surface area contributed by atoms with E-state index in [1.165, 1.54) is 25.7 Å². The lowest BCUT2D eigenvalue weighted by atomic mass is 9.82. The highest BCUT2D eigenvalue weighted by molar-refractivity contribution is 4.82. The topological polar surface area (TPSA) is 64.9 Å². The minimum Gasteiger partial charge on any atom is -0.383 e. The third kappa shape index (κ3) is 4.54. The Labute approximate surface area is 114 Å². The quantitative estimate of drug-likeness (QED) is 0.753. The summed E-state index contributed by atoms with van der Waals surface area (Å²) in [4.78, 5) is 0. The molecule has 2 rings (SSSR count). The molecule has 0 aromatic carbocycles. The molecule has 1 heterocycles. The number of methoxy groups -OCH3 is 1. The van der Waals surface area contributed by atoms with Crippen LogP contribution in [0, 0.1) is 11.8 Å². The summed E-state index contributed by atoms with van der Waals surface area (Å²) < 4.78 is 6.96. The van der Waals surface area contributed by atoms with Crippen LogP contribution in [0.3, 0.4) is 0 Å². The molecule has 1 aromatic rings. The van der Waals surface area contributed by atoms with Gasteiger partial charge in [0.15, 0.2) is 5.82 Å². The van der Waals surface area contributed by atoms with Gasteiger partial charge in [-0.05, 0) is 35.1 Å². The lowest BCUT2D eigenvalue weighted by Crippen LogP contribution is -2.24. The number of rotatable bonds is 7. The molecule has 0 amide bonds. The molecule has 2 atom stereocenters. The van der Waals surface area contributed by atoms with E-state index < -0.39 is 0 Å². The van der Waals surface area contributed by atoms with Crippen LogP contribution >= 0.6 is 0 Å². The van der Waals surface area contributed by atoms with Gasteiger partial charge in [0.25, 0.3) is 0 Å². The summed E-state index contributed by atoms with van der Waals surface area (Å²) >= 11 is 0. The van der Waals surface area contributed by atoms with Gasteiger partial charge in [0.2, 0.25) is 0 Å². The number of tetrazole rings is 1. The van der Waals surface area contributed by atoms with Gasteiger partial charge in [-0.2, -0.15) is 0 Å². The van der Waals surface area contributed by atoms with Crippen molar-refractivity contribution in [2.75, 3.05) is 20.3 Å². The van der Waals surface area contributed by atoms with Crippen molar-refractivity contribution in [2.45, 2.75) is 45.7 Å². The molecule has 0 bridgehead atoms. The Morgan fingerprint density at radius 1 is 1.42 bits per heavy atom. The maximum absolute atomic E-state index is 5.00. The molecule has 0 radical (unpaired) electrons. The minimum atomic E-state index is 0.707. The van der Waals surface area contributed by atoms with E-state index in [1.807, 2.05) is 4.68 Å². The van der Waals surface area contributed by atoms with Gasteiger partial charge in [-0.1, -0.05) is 19.8 Å². The highest BCUT2D eigenvalue weighted by atomic mass is 16.5. The first kappa shape index (κ1) is 14.4. The van der Waals surface area contributed by atoms with Crippen LogP contribution < -0.4 is 5.32 Å². The van der Waals surface area contributed by atoms with Crippen molar-refractivity contribution < 1.29 is 4.74 Å². The van der Waals surface area contributed by atoms with Gasteiger partial charge in [0.05, 0.1) is 13.2 Å². The second-order valence-electron chi connectivity index (χ2n) is 5.58. The van der Waals surface area contributed by atoms with Gasteiger partial charge in [0, 0.05) is 20.2 Å². The molecule has 6 nitrogen and oxygen atoms in total. The van der Waals surface area contributed by atoms with E-state index >= 15 is 0 Å². The van der Waals surface area contributed by atoms with Crippen molar-refractivity contribution in [2.24, 2.45) is 11.8 Å². The Hall–Kier alpha value is -1.01. The maximum Gasteiger partial charge on any atom is 0.165 e. The van der Waals surface area contributed by atoms with Gasteiger partial charge >= 0.3 is 0 Å². The van der Waals surface area contributed by atoms with E-state index in [-0.39, 0.29) is 0 Å². The molecule has 1 aliphatic rings. The van der Waals surface area contributed by atoms with Crippen LogP contribution in [0.5, 0.6) is 0 Å². The largest absolute Gasteiger partial charge is 0.383 e. The lowest BCUT2D eigenvalue weighted by molar-refractivity contribution is 0.198. The van der Waals surface area contributed by atoms with E-state index in [1.54, 1.807) is 7.11 Å². The zero-order valence-electron chi connectivity index (χ0n) is 12.0. The molecule has 2 unspecified atom stereocenters. The van der Waals surface area contributed by atoms with Crippen molar-refractivity contribution >= 4 is 0 Å². The van der Waals surface area contributed by atoms with Crippen molar-refractivity contribution in [1.29, 1.82) is 0 Å². The van der Waals surface area contributed by atoms with Gasteiger partial charge in [-0.25, -0.2) is 4.68 Å². The van der Waals surface area contributed by atoms with Crippen LogP contribution in [-0.4, -0.2) is 40.5 Å². The number of nitrogens with zero attached hydrogens (tertiary/aromatic N) is 4. The summed E-state index contributed by atoms with van der Waals surface area (Å²) in [7, 11) is 1.70. The van der Waals surface area contributed by atoms with Crippen LogP contribution in [0.1, 0.15) is 38.4 Å². The summed E-state index contributed by atoms with van der Waals surface area (Å²) in [5.41, 5.74) is 0. The average molecular weight is 267 g/mol. The van der Waals surface area contributed by atoms with Crippen molar-refractivity contribution in [1.82, 2.24) is 25.5 Å². The standard InChI is InChI=1S/C13H25N5O/c1-11-4-3-5-12(8-11)10-18-13(15-16-17-18)9-14-6-7-19-2/h11-12,14H,3-10H2,1-2H3. The first-order valence-corrected chi connectivity index (χ1v) is 7.24. The van der Waals surface area contributed by atoms with Crippen LogP contribution in [0.15, 0.2) is 0 Å². The predicted molar refractivity (Wildman–Crippen MR) is 72.5 cm³/mol. The predicted octanol–water partition coefficient (Wildman–Crippen LogP) is 1.24. The molecule has 0 aliphatic heterocycles. The van der Waals surface area contributed by atoms with Gasteiger partial charge in [-0.15, -0.1) is 5.10 Å². The summed E-state index contributed by atoms with van der Waals surface area (Å²) in [6.07, 6.45) is 5.32. The Balaban J connectivity index is 1.81. The second kappa shape index (κ2) is 7.55. The summed E-state index contributed by atoms with van der Waals surface area (Å²) in [5.74, 6) is 2.50. The first-order valence-electron chi connectivity index (χ1n) is 7.24. The first-order chi connectivity index (χ1) is 9.29. The van der Waals surface area contributed by atoms with Crippen LogP contribution in [0.25, 0.3) is 0 Å². The smallest absolute Gasteiger partial charge is 0.165 e. The zero-order chi connectivity index (χ0) is 13.5. The van der Waals surface area contributed by atoms with E-state index in [2.05, 4.69) is 27.8 Å². The molecule has 1 fully saturated rings. The molecule has 1 aliphatic carbocycles. The number of hydrogen-bond acceptors (Lipinski definition) is 5. The fourth-order valence-electron chi connectivity index (χ4n) is 2.84. The SMILES string of the molecule is COCCNCc1nnnn1CC1CCCC(C)C1. The summed E-state index contributed by atoms with van der Waals surface area (Å²) in [6, 6.07) is 0. The van der Waals surface area contributed by atoms with Crippen LogP contribution in [0.4, 0.5) is 0 Å². The molecule has 6 heteroatoms. The Kier molecular flexibility index (Phi) is 5.72.